The molecule has 0 saturated carbocycles. The molecule has 0 fully saturated rings. The molecule has 0 amide bonds. The van der Waals surface area contributed by atoms with Gasteiger partial charge in [-0.3, -0.25) is 4.98 Å². The second-order valence-electron chi connectivity index (χ2n) is 3.94. The van der Waals surface area contributed by atoms with Crippen LogP contribution in [0.3, 0.4) is 0 Å². The molecule has 1 N–H and O–H groups in total. The van der Waals surface area contributed by atoms with Gasteiger partial charge in [0, 0.05) is 36.4 Å². The summed E-state index contributed by atoms with van der Waals surface area (Å²) in [6.45, 7) is 3.13. The molecule has 0 aliphatic heterocycles. The van der Waals surface area contributed by atoms with Crippen LogP contribution in [0.4, 0.5) is 0 Å². The Morgan fingerprint density at radius 2 is 2.06 bits per heavy atom. The van der Waals surface area contributed by atoms with Gasteiger partial charge in [-0.15, -0.1) is 11.3 Å². The van der Waals surface area contributed by atoms with Crippen LogP contribution in [0, 0.1) is 0 Å². The van der Waals surface area contributed by atoms with Crippen molar-refractivity contribution in [3.63, 3.8) is 0 Å². The van der Waals surface area contributed by atoms with E-state index in [4.69, 9.17) is 0 Å². The smallest absolute Gasteiger partial charge is 0.0940 e. The van der Waals surface area contributed by atoms with E-state index >= 15 is 0 Å². The number of thiazole rings is 1. The number of hydrogen-bond donors (Lipinski definition) is 1. The predicted octanol–water partition coefficient (Wildman–Crippen LogP) is 2.30. The number of pyridine rings is 1. The van der Waals surface area contributed by atoms with E-state index in [9.17, 15) is 0 Å². The molecule has 3 nitrogen and oxygen atoms in total. The van der Waals surface area contributed by atoms with Gasteiger partial charge in [-0.1, -0.05) is 6.92 Å². The molecule has 1 unspecified atom stereocenters. The summed E-state index contributed by atoms with van der Waals surface area (Å²) < 4.78 is 0. The summed E-state index contributed by atoms with van der Waals surface area (Å²) in [5, 5.41) is 6.75. The third-order valence-electron chi connectivity index (χ3n) is 2.63. The van der Waals surface area contributed by atoms with Crippen molar-refractivity contribution in [3.8, 4) is 0 Å². The van der Waals surface area contributed by atoms with Gasteiger partial charge in [-0.2, -0.15) is 0 Å². The monoisotopic (exact) mass is 247 g/mol. The number of hydrogen-bond acceptors (Lipinski definition) is 4. The van der Waals surface area contributed by atoms with Crippen LogP contribution in [0.2, 0.25) is 0 Å². The molecule has 2 heterocycles. The highest BCUT2D eigenvalue weighted by molar-refractivity contribution is 7.09. The Labute approximate surface area is 106 Å². The Morgan fingerprint density at radius 1 is 1.24 bits per heavy atom. The second kappa shape index (κ2) is 6.47. The Balaban J connectivity index is 1.97. The number of rotatable bonds is 6. The summed E-state index contributed by atoms with van der Waals surface area (Å²) in [5.41, 5.74) is 1.32. The van der Waals surface area contributed by atoms with Crippen LogP contribution < -0.4 is 5.32 Å². The number of nitrogens with one attached hydrogen (secondary N) is 1. The van der Waals surface area contributed by atoms with Gasteiger partial charge in [0.05, 0.1) is 5.01 Å². The van der Waals surface area contributed by atoms with Gasteiger partial charge in [0.1, 0.15) is 0 Å². The van der Waals surface area contributed by atoms with Crippen molar-refractivity contribution in [3.05, 3.63) is 46.7 Å². The molecule has 2 aromatic heterocycles. The maximum absolute atomic E-state index is 4.35. The molecule has 0 aliphatic carbocycles. The highest BCUT2D eigenvalue weighted by Crippen LogP contribution is 2.10. The summed E-state index contributed by atoms with van der Waals surface area (Å²) in [7, 11) is 0. The number of likely N-dealkylation sites (N-methyl/N-ethyl adjacent to an activating group) is 1. The molecule has 2 rings (SSSR count). The lowest BCUT2D eigenvalue weighted by Gasteiger charge is -2.16. The first kappa shape index (κ1) is 12.2. The van der Waals surface area contributed by atoms with Crippen LogP contribution >= 0.6 is 11.3 Å². The van der Waals surface area contributed by atoms with E-state index in [1.807, 2.05) is 24.0 Å². The maximum Gasteiger partial charge on any atom is 0.0940 e. The molecule has 0 radical (unpaired) electrons. The standard InChI is InChI=1S/C13H17N3S/c1-2-15-12(10-13-16-7-8-17-13)9-11-3-5-14-6-4-11/h3-8,12,15H,2,9-10H2,1H3. The third kappa shape index (κ3) is 3.91. The molecule has 17 heavy (non-hydrogen) atoms. The lowest BCUT2D eigenvalue weighted by atomic mass is 10.0. The first-order chi connectivity index (χ1) is 8.38. The lowest BCUT2D eigenvalue weighted by Crippen LogP contribution is -2.33. The summed E-state index contributed by atoms with van der Waals surface area (Å²) in [4.78, 5) is 8.39. The van der Waals surface area contributed by atoms with E-state index < -0.39 is 0 Å². The van der Waals surface area contributed by atoms with E-state index in [1.165, 1.54) is 10.6 Å². The van der Waals surface area contributed by atoms with Gasteiger partial charge >= 0.3 is 0 Å². The van der Waals surface area contributed by atoms with E-state index in [1.54, 1.807) is 11.3 Å². The van der Waals surface area contributed by atoms with Crippen molar-refractivity contribution >= 4 is 11.3 Å². The average Bonchev–Trinajstić information content (AvgIpc) is 2.83. The van der Waals surface area contributed by atoms with Crippen LogP contribution in [0.25, 0.3) is 0 Å². The Hall–Kier alpha value is -1.26. The number of aromatic nitrogens is 2. The lowest BCUT2D eigenvalue weighted by molar-refractivity contribution is 0.520. The fraction of sp³-hybridized carbons (Fsp3) is 0.385. The van der Waals surface area contributed by atoms with Crippen molar-refractivity contribution < 1.29 is 0 Å². The zero-order valence-corrected chi connectivity index (χ0v) is 10.8. The summed E-state index contributed by atoms with van der Waals surface area (Å²) in [6.07, 6.45) is 7.59. The Bertz CT molecular complexity index is 413. The average molecular weight is 247 g/mol. The molecule has 4 heteroatoms. The van der Waals surface area contributed by atoms with Gasteiger partial charge < -0.3 is 5.32 Å². The van der Waals surface area contributed by atoms with Crippen LogP contribution in [-0.2, 0) is 12.8 Å². The second-order valence-corrected chi connectivity index (χ2v) is 4.92. The molecule has 90 valence electrons. The van der Waals surface area contributed by atoms with Gasteiger partial charge in [0.2, 0.25) is 0 Å². The topological polar surface area (TPSA) is 37.8 Å². The van der Waals surface area contributed by atoms with Gasteiger partial charge in [-0.25, -0.2) is 4.98 Å². The van der Waals surface area contributed by atoms with E-state index in [0.717, 1.165) is 19.4 Å². The molecule has 2 aromatic rings. The molecule has 0 spiro atoms. The minimum atomic E-state index is 0.452. The van der Waals surface area contributed by atoms with Crippen LogP contribution in [0.15, 0.2) is 36.1 Å². The SMILES string of the molecule is CCNC(Cc1ccncc1)Cc1nccs1. The fourth-order valence-electron chi connectivity index (χ4n) is 1.87. The van der Waals surface area contributed by atoms with Crippen LogP contribution in [-0.4, -0.2) is 22.6 Å². The molecule has 0 saturated heterocycles. The first-order valence-electron chi connectivity index (χ1n) is 5.89. The maximum atomic E-state index is 4.35. The largest absolute Gasteiger partial charge is 0.314 e. The van der Waals surface area contributed by atoms with Crippen molar-refractivity contribution in [2.75, 3.05) is 6.54 Å². The molecule has 1 atom stereocenters. The molecule has 0 aliphatic rings. The zero-order chi connectivity index (χ0) is 11.9. The Kier molecular flexibility index (Phi) is 4.64. The van der Waals surface area contributed by atoms with Gasteiger partial charge in [0.15, 0.2) is 0 Å². The first-order valence-corrected chi connectivity index (χ1v) is 6.77. The molecule has 0 aromatic carbocycles. The van der Waals surface area contributed by atoms with Crippen molar-refractivity contribution in [2.24, 2.45) is 0 Å². The summed E-state index contributed by atoms with van der Waals surface area (Å²) >= 11 is 1.72. The normalized spacial score (nSPS) is 12.5. The quantitative estimate of drug-likeness (QED) is 0.851. The van der Waals surface area contributed by atoms with E-state index in [2.05, 4.69) is 34.3 Å². The van der Waals surface area contributed by atoms with Crippen molar-refractivity contribution in [2.45, 2.75) is 25.8 Å². The minimum absolute atomic E-state index is 0.452. The molecule has 0 bridgehead atoms. The van der Waals surface area contributed by atoms with Gasteiger partial charge in [0.25, 0.3) is 0 Å². The highest BCUT2D eigenvalue weighted by atomic mass is 32.1. The van der Waals surface area contributed by atoms with Gasteiger partial charge in [-0.05, 0) is 30.7 Å². The fourth-order valence-corrected chi connectivity index (χ4v) is 2.57. The van der Waals surface area contributed by atoms with Crippen molar-refractivity contribution in [1.29, 1.82) is 0 Å². The molecular weight excluding hydrogens is 230 g/mol. The van der Waals surface area contributed by atoms with Crippen LogP contribution in [0.1, 0.15) is 17.5 Å². The highest BCUT2D eigenvalue weighted by Gasteiger charge is 2.10. The summed E-state index contributed by atoms with van der Waals surface area (Å²) in [6, 6.07) is 4.60. The third-order valence-corrected chi connectivity index (χ3v) is 3.43. The zero-order valence-electron chi connectivity index (χ0n) is 9.97. The Morgan fingerprint density at radius 3 is 2.71 bits per heavy atom. The number of nitrogens with zero attached hydrogens (tertiary/aromatic N) is 2. The van der Waals surface area contributed by atoms with Crippen molar-refractivity contribution in [1.82, 2.24) is 15.3 Å². The minimum Gasteiger partial charge on any atom is -0.314 e. The van der Waals surface area contributed by atoms with Crippen LogP contribution in [0.5, 0.6) is 0 Å². The van der Waals surface area contributed by atoms with E-state index in [0.29, 0.717) is 6.04 Å². The predicted molar refractivity (Wildman–Crippen MR) is 71.2 cm³/mol. The molecular formula is C13H17N3S. The van der Waals surface area contributed by atoms with E-state index in [-0.39, 0.29) is 0 Å². The summed E-state index contributed by atoms with van der Waals surface area (Å²) in [5.74, 6) is 0.